The molecule has 0 saturated heterocycles. The predicted octanol–water partition coefficient (Wildman–Crippen LogP) is 3.63. The van der Waals surface area contributed by atoms with E-state index in [2.05, 4.69) is 39.9 Å². The second kappa shape index (κ2) is 14.3. The Bertz CT molecular complexity index is 665. The quantitative estimate of drug-likeness (QED) is 0.235. The molecule has 0 aliphatic carbocycles. The summed E-state index contributed by atoms with van der Waals surface area (Å²) in [6.45, 7) is 2.97. The van der Waals surface area contributed by atoms with Crippen LogP contribution in [0.25, 0.3) is 0 Å². The van der Waals surface area contributed by atoms with Gasteiger partial charge in [-0.15, -0.1) is 24.0 Å². The van der Waals surface area contributed by atoms with Crippen LogP contribution in [0, 0.1) is 0 Å². The number of halogens is 1. The van der Waals surface area contributed by atoms with Gasteiger partial charge in [0, 0.05) is 32.3 Å². The van der Waals surface area contributed by atoms with Gasteiger partial charge in [0.1, 0.15) is 5.75 Å². The minimum absolute atomic E-state index is 0. The molecular weight excluding hydrogens is 453 g/mol. The van der Waals surface area contributed by atoms with Gasteiger partial charge >= 0.3 is 0 Å². The minimum Gasteiger partial charge on any atom is -0.496 e. The average molecular weight is 483 g/mol. The molecule has 0 aromatic heterocycles. The van der Waals surface area contributed by atoms with Crippen LogP contribution in [0.1, 0.15) is 17.5 Å². The number of benzene rings is 2. The summed E-state index contributed by atoms with van der Waals surface area (Å²) in [4.78, 5) is 4.25. The van der Waals surface area contributed by atoms with Gasteiger partial charge in [-0.2, -0.15) is 0 Å². The zero-order valence-electron chi connectivity index (χ0n) is 16.1. The summed E-state index contributed by atoms with van der Waals surface area (Å²) in [6.07, 6.45) is 1.89. The second-order valence-corrected chi connectivity index (χ2v) is 5.87. The fraction of sp³-hybridized carbons (Fsp3) is 0.381. The predicted molar refractivity (Wildman–Crippen MR) is 122 cm³/mol. The molecule has 0 aliphatic rings. The number of rotatable bonds is 10. The van der Waals surface area contributed by atoms with Gasteiger partial charge in [0.2, 0.25) is 0 Å². The molecular formula is C21H30IN3O2. The van der Waals surface area contributed by atoms with Crippen LogP contribution in [0.3, 0.4) is 0 Å². The molecule has 27 heavy (non-hydrogen) atoms. The van der Waals surface area contributed by atoms with Crippen LogP contribution >= 0.6 is 24.0 Å². The number of hydrogen-bond acceptors (Lipinski definition) is 3. The number of para-hydroxylation sites is 1. The number of nitrogens with zero attached hydrogens (tertiary/aromatic N) is 1. The Morgan fingerprint density at radius 2 is 1.70 bits per heavy atom. The minimum atomic E-state index is 0. The lowest BCUT2D eigenvalue weighted by Gasteiger charge is -2.13. The van der Waals surface area contributed by atoms with Crippen molar-refractivity contribution in [2.45, 2.75) is 19.4 Å². The van der Waals surface area contributed by atoms with Gasteiger partial charge in [-0.3, -0.25) is 4.99 Å². The fourth-order valence-corrected chi connectivity index (χ4v) is 2.57. The molecule has 0 spiro atoms. The first-order chi connectivity index (χ1) is 12.8. The van der Waals surface area contributed by atoms with E-state index in [1.807, 2.05) is 30.3 Å². The number of ether oxygens (including phenoxy) is 2. The summed E-state index contributed by atoms with van der Waals surface area (Å²) in [5.74, 6) is 1.66. The van der Waals surface area contributed by atoms with Gasteiger partial charge in [-0.05, 0) is 24.5 Å². The van der Waals surface area contributed by atoms with E-state index in [1.54, 1.807) is 14.2 Å². The number of nitrogens with one attached hydrogen (secondary N) is 2. The summed E-state index contributed by atoms with van der Waals surface area (Å²) in [7, 11) is 3.46. The Kier molecular flexibility index (Phi) is 12.3. The van der Waals surface area contributed by atoms with E-state index in [4.69, 9.17) is 9.47 Å². The highest BCUT2D eigenvalue weighted by Crippen LogP contribution is 2.16. The largest absolute Gasteiger partial charge is 0.496 e. The van der Waals surface area contributed by atoms with Crippen molar-refractivity contribution in [3.05, 3.63) is 65.7 Å². The molecule has 0 amide bonds. The Morgan fingerprint density at radius 1 is 0.963 bits per heavy atom. The maximum atomic E-state index is 5.70. The van der Waals surface area contributed by atoms with Crippen molar-refractivity contribution in [1.29, 1.82) is 0 Å². The molecule has 2 aromatic rings. The summed E-state index contributed by atoms with van der Waals surface area (Å²) in [6, 6.07) is 18.4. The van der Waals surface area contributed by atoms with E-state index in [0.29, 0.717) is 6.54 Å². The van der Waals surface area contributed by atoms with Gasteiger partial charge in [0.15, 0.2) is 5.96 Å². The van der Waals surface area contributed by atoms with Crippen molar-refractivity contribution >= 4 is 29.9 Å². The Labute approximate surface area is 179 Å². The Hall–Kier alpha value is -1.80. The maximum absolute atomic E-state index is 5.70. The third-order valence-electron chi connectivity index (χ3n) is 4.00. The van der Waals surface area contributed by atoms with Gasteiger partial charge < -0.3 is 20.1 Å². The molecule has 0 heterocycles. The maximum Gasteiger partial charge on any atom is 0.191 e. The monoisotopic (exact) mass is 483 g/mol. The SMILES string of the molecule is CN=C(NCCCOCCc1ccccc1)NCc1ccccc1OC.I. The summed E-state index contributed by atoms with van der Waals surface area (Å²) < 4.78 is 11.1. The van der Waals surface area contributed by atoms with E-state index in [-0.39, 0.29) is 24.0 Å². The highest BCUT2D eigenvalue weighted by atomic mass is 127. The highest BCUT2D eigenvalue weighted by Gasteiger charge is 2.03. The van der Waals surface area contributed by atoms with Crippen LogP contribution in [-0.4, -0.2) is 39.9 Å². The summed E-state index contributed by atoms with van der Waals surface area (Å²) in [5.41, 5.74) is 2.41. The molecule has 0 radical (unpaired) electrons. The van der Waals surface area contributed by atoms with Crippen molar-refractivity contribution < 1.29 is 9.47 Å². The average Bonchev–Trinajstić information content (AvgIpc) is 2.70. The molecule has 2 aromatic carbocycles. The van der Waals surface area contributed by atoms with Crippen molar-refractivity contribution in [2.75, 3.05) is 33.9 Å². The molecule has 148 valence electrons. The number of guanidine groups is 1. The van der Waals surface area contributed by atoms with Crippen LogP contribution in [-0.2, 0) is 17.7 Å². The van der Waals surface area contributed by atoms with E-state index in [0.717, 1.165) is 49.9 Å². The Morgan fingerprint density at radius 3 is 2.44 bits per heavy atom. The first kappa shape index (κ1) is 23.2. The molecule has 0 saturated carbocycles. The topological polar surface area (TPSA) is 54.9 Å². The van der Waals surface area contributed by atoms with E-state index >= 15 is 0 Å². The van der Waals surface area contributed by atoms with E-state index < -0.39 is 0 Å². The smallest absolute Gasteiger partial charge is 0.191 e. The Balaban J connectivity index is 0.00000364. The second-order valence-electron chi connectivity index (χ2n) is 5.87. The summed E-state index contributed by atoms with van der Waals surface area (Å²) >= 11 is 0. The van der Waals surface area contributed by atoms with Gasteiger partial charge in [0.25, 0.3) is 0 Å². The molecule has 0 unspecified atom stereocenters. The normalized spacial score (nSPS) is 10.8. The molecule has 2 N–H and O–H groups in total. The summed E-state index contributed by atoms with van der Waals surface area (Å²) in [5, 5.41) is 6.61. The van der Waals surface area contributed by atoms with Gasteiger partial charge in [-0.1, -0.05) is 48.5 Å². The number of methoxy groups -OCH3 is 1. The van der Waals surface area contributed by atoms with Crippen LogP contribution in [0.2, 0.25) is 0 Å². The first-order valence-corrected chi connectivity index (χ1v) is 9.01. The van der Waals surface area contributed by atoms with E-state index in [1.165, 1.54) is 5.56 Å². The fourth-order valence-electron chi connectivity index (χ4n) is 2.57. The molecule has 5 nitrogen and oxygen atoms in total. The molecule has 2 rings (SSSR count). The van der Waals surface area contributed by atoms with Crippen molar-refractivity contribution in [3.63, 3.8) is 0 Å². The van der Waals surface area contributed by atoms with Crippen LogP contribution < -0.4 is 15.4 Å². The lowest BCUT2D eigenvalue weighted by molar-refractivity contribution is 0.135. The zero-order chi connectivity index (χ0) is 18.5. The molecule has 0 atom stereocenters. The third kappa shape index (κ3) is 9.10. The lowest BCUT2D eigenvalue weighted by Crippen LogP contribution is -2.37. The lowest BCUT2D eigenvalue weighted by atomic mass is 10.2. The molecule has 6 heteroatoms. The standard InChI is InChI=1S/C21H29N3O2.HI/c1-22-21(24-17-19-11-6-7-12-20(19)25-2)23-14-8-15-26-16-13-18-9-4-3-5-10-18;/h3-7,9-12H,8,13-17H2,1-2H3,(H2,22,23,24);1H. The van der Waals surface area contributed by atoms with E-state index in [9.17, 15) is 0 Å². The molecule has 0 aliphatic heterocycles. The zero-order valence-corrected chi connectivity index (χ0v) is 18.4. The van der Waals surface area contributed by atoms with Crippen molar-refractivity contribution in [1.82, 2.24) is 10.6 Å². The van der Waals surface area contributed by atoms with Crippen molar-refractivity contribution in [3.8, 4) is 5.75 Å². The third-order valence-corrected chi connectivity index (χ3v) is 4.00. The molecule has 0 fully saturated rings. The van der Waals surface area contributed by atoms with Crippen LogP contribution in [0.15, 0.2) is 59.6 Å². The van der Waals surface area contributed by atoms with Crippen LogP contribution in [0.4, 0.5) is 0 Å². The van der Waals surface area contributed by atoms with Gasteiger partial charge in [-0.25, -0.2) is 0 Å². The van der Waals surface area contributed by atoms with Gasteiger partial charge in [0.05, 0.1) is 13.7 Å². The molecule has 0 bridgehead atoms. The number of hydrogen-bond donors (Lipinski definition) is 2. The van der Waals surface area contributed by atoms with Crippen LogP contribution in [0.5, 0.6) is 5.75 Å². The number of aliphatic imine (C=N–C) groups is 1. The highest BCUT2D eigenvalue weighted by molar-refractivity contribution is 14.0. The van der Waals surface area contributed by atoms with Crippen molar-refractivity contribution in [2.24, 2.45) is 4.99 Å². The first-order valence-electron chi connectivity index (χ1n) is 9.01.